The second-order valence-corrected chi connectivity index (χ2v) is 10.9. The summed E-state index contributed by atoms with van der Waals surface area (Å²) in [4.78, 5) is 55.5. The van der Waals surface area contributed by atoms with Gasteiger partial charge in [-0.2, -0.15) is 0 Å². The number of nitrogens with one attached hydrogen (secondary N) is 3. The average molecular weight is 615 g/mol. The Balaban J connectivity index is 1.52. The van der Waals surface area contributed by atoms with Crippen molar-refractivity contribution in [3.05, 3.63) is 80.7 Å². The molecular formula is C30H29ClF2N4O6. The number of H-pyrrole nitrogens is 1. The lowest BCUT2D eigenvalue weighted by Crippen LogP contribution is -2.43. The molecule has 1 aromatic heterocycles. The summed E-state index contributed by atoms with van der Waals surface area (Å²) >= 11 is 5.85. The molecule has 3 N–H and O–H groups in total. The first-order chi connectivity index (χ1) is 20.6. The van der Waals surface area contributed by atoms with Crippen molar-refractivity contribution < 1.29 is 32.6 Å². The van der Waals surface area contributed by atoms with Crippen LogP contribution >= 0.6 is 11.6 Å². The predicted molar refractivity (Wildman–Crippen MR) is 155 cm³/mol. The molecule has 0 radical (unpaired) electrons. The maximum atomic E-state index is 14.7. The Hall–Kier alpha value is -4.45. The smallest absolute Gasteiger partial charge is 0.411 e. The van der Waals surface area contributed by atoms with Gasteiger partial charge in [0.2, 0.25) is 5.91 Å². The number of aromatic amines is 1. The molecule has 2 aliphatic rings. The number of benzene rings is 2. The van der Waals surface area contributed by atoms with Crippen LogP contribution in [0, 0.1) is 17.6 Å². The summed E-state index contributed by atoms with van der Waals surface area (Å²) in [5.41, 5.74) is 1.32. The van der Waals surface area contributed by atoms with Crippen LogP contribution in [0.3, 0.4) is 0 Å². The molecular weight excluding hydrogens is 586 g/mol. The topological polar surface area (TPSA) is 130 Å². The van der Waals surface area contributed by atoms with E-state index in [2.05, 4.69) is 20.4 Å². The van der Waals surface area contributed by atoms with Gasteiger partial charge in [0.05, 0.1) is 29.4 Å². The number of methoxy groups -OCH3 is 1. The standard InChI is InChI=1S/C30H29ClF2N4O6/c1-15-4-3-5-23(37-11-10-24(43-30(37)41)25-21(32)9-8-20(31)26(25)33)19-12-16(14-34-28(19)39)18-7-6-17(35-29(40)42-2)13-22(18)36-27(15)38/h6-9,12-15,23-24H,3-5,10-11H2,1-2H3,(H,34,39)(H,35,40)(H,36,38). The summed E-state index contributed by atoms with van der Waals surface area (Å²) < 4.78 is 39.4. The third kappa shape index (κ3) is 6.19. The van der Waals surface area contributed by atoms with E-state index in [1.165, 1.54) is 18.2 Å². The van der Waals surface area contributed by atoms with E-state index in [9.17, 15) is 28.0 Å². The highest BCUT2D eigenvalue weighted by Crippen LogP contribution is 2.39. The maximum Gasteiger partial charge on any atom is 0.411 e. The fraction of sp³-hybridized carbons (Fsp3) is 0.333. The van der Waals surface area contributed by atoms with Gasteiger partial charge in [-0.15, -0.1) is 0 Å². The zero-order chi connectivity index (χ0) is 30.8. The summed E-state index contributed by atoms with van der Waals surface area (Å²) in [6, 6.07) is 7.89. The first-order valence-corrected chi connectivity index (χ1v) is 14.1. The summed E-state index contributed by atoms with van der Waals surface area (Å²) in [5.74, 6) is -2.53. The first-order valence-electron chi connectivity index (χ1n) is 13.7. The van der Waals surface area contributed by atoms with Gasteiger partial charge in [0, 0.05) is 47.5 Å². The van der Waals surface area contributed by atoms with Gasteiger partial charge in [-0.3, -0.25) is 14.9 Å². The first kappa shape index (κ1) is 30.0. The van der Waals surface area contributed by atoms with Gasteiger partial charge in [-0.25, -0.2) is 18.4 Å². The van der Waals surface area contributed by atoms with Crippen LogP contribution in [-0.2, 0) is 14.3 Å². The number of fused-ring (bicyclic) bond motifs is 4. The Labute approximate surface area is 250 Å². The molecule has 1 saturated heterocycles. The van der Waals surface area contributed by atoms with Crippen LogP contribution in [0.2, 0.25) is 5.02 Å². The van der Waals surface area contributed by atoms with Gasteiger partial charge in [-0.1, -0.05) is 31.0 Å². The fourth-order valence-corrected chi connectivity index (χ4v) is 5.62. The molecule has 3 unspecified atom stereocenters. The quantitative estimate of drug-likeness (QED) is 0.288. The van der Waals surface area contributed by atoms with Crippen LogP contribution in [0.15, 0.2) is 47.4 Å². The number of amides is 3. The maximum absolute atomic E-state index is 14.7. The molecule has 2 aromatic carbocycles. The van der Waals surface area contributed by atoms with Gasteiger partial charge in [-0.05, 0) is 43.2 Å². The number of aromatic nitrogens is 1. The zero-order valence-corrected chi connectivity index (χ0v) is 24.1. The highest BCUT2D eigenvalue weighted by Gasteiger charge is 2.37. The number of pyridine rings is 1. The second kappa shape index (κ2) is 12.4. The highest BCUT2D eigenvalue weighted by molar-refractivity contribution is 6.30. The number of halogens is 3. The lowest BCUT2D eigenvalue weighted by atomic mass is 9.92. The molecule has 2 bridgehead atoms. The largest absolute Gasteiger partial charge is 0.453 e. The lowest BCUT2D eigenvalue weighted by molar-refractivity contribution is -0.119. The number of hydrogen-bond donors (Lipinski definition) is 3. The summed E-state index contributed by atoms with van der Waals surface area (Å²) in [7, 11) is 1.23. The van der Waals surface area contributed by atoms with Gasteiger partial charge < -0.3 is 24.7 Å². The number of hydrogen-bond acceptors (Lipinski definition) is 6. The molecule has 3 aromatic rings. The van der Waals surface area contributed by atoms with Gasteiger partial charge in [0.25, 0.3) is 5.56 Å². The average Bonchev–Trinajstić information content (AvgIpc) is 2.98. The van der Waals surface area contributed by atoms with E-state index in [-0.39, 0.29) is 29.5 Å². The van der Waals surface area contributed by atoms with Crippen molar-refractivity contribution in [2.75, 3.05) is 24.3 Å². The molecule has 5 rings (SSSR count). The minimum Gasteiger partial charge on any atom is -0.453 e. The molecule has 3 atom stereocenters. The van der Waals surface area contributed by atoms with Crippen molar-refractivity contribution in [2.45, 2.75) is 44.8 Å². The number of ether oxygens (including phenoxy) is 2. The Morgan fingerprint density at radius 2 is 1.91 bits per heavy atom. The van der Waals surface area contributed by atoms with E-state index in [1.54, 1.807) is 31.2 Å². The molecule has 226 valence electrons. The van der Waals surface area contributed by atoms with Crippen molar-refractivity contribution in [3.63, 3.8) is 0 Å². The third-order valence-corrected chi connectivity index (χ3v) is 8.05. The number of cyclic esters (lactones) is 1. The van der Waals surface area contributed by atoms with E-state index in [1.807, 2.05) is 0 Å². The van der Waals surface area contributed by atoms with Crippen molar-refractivity contribution >= 4 is 41.1 Å². The van der Waals surface area contributed by atoms with E-state index in [0.29, 0.717) is 41.8 Å². The Morgan fingerprint density at radius 3 is 2.65 bits per heavy atom. The molecule has 0 saturated carbocycles. The fourth-order valence-electron chi connectivity index (χ4n) is 5.45. The number of carbonyl (C=O) groups excluding carboxylic acids is 3. The zero-order valence-electron chi connectivity index (χ0n) is 23.3. The Bertz CT molecular complexity index is 1650. The van der Waals surface area contributed by atoms with Crippen molar-refractivity contribution in [2.24, 2.45) is 5.92 Å². The molecule has 3 heterocycles. The van der Waals surface area contributed by atoms with Crippen molar-refractivity contribution in [3.8, 4) is 11.1 Å². The van der Waals surface area contributed by atoms with Gasteiger partial charge in [0.15, 0.2) is 5.82 Å². The Kier molecular flexibility index (Phi) is 8.67. The van der Waals surface area contributed by atoms with Crippen molar-refractivity contribution in [1.82, 2.24) is 9.88 Å². The summed E-state index contributed by atoms with van der Waals surface area (Å²) in [5, 5.41) is 5.20. The molecule has 0 spiro atoms. The van der Waals surface area contributed by atoms with Crippen LogP contribution in [0.1, 0.15) is 55.9 Å². The third-order valence-electron chi connectivity index (χ3n) is 7.76. The van der Waals surface area contributed by atoms with E-state index < -0.39 is 53.0 Å². The normalized spacial score (nSPS) is 20.6. The van der Waals surface area contributed by atoms with E-state index >= 15 is 0 Å². The van der Waals surface area contributed by atoms with Crippen LogP contribution in [0.5, 0.6) is 0 Å². The molecule has 1 fully saturated rings. The molecule has 3 amide bonds. The number of anilines is 2. The van der Waals surface area contributed by atoms with E-state index in [0.717, 1.165) is 12.1 Å². The monoisotopic (exact) mass is 614 g/mol. The van der Waals surface area contributed by atoms with Gasteiger partial charge >= 0.3 is 12.2 Å². The SMILES string of the molecule is COC(=O)Nc1ccc2c(c1)NC(=O)C(C)CCCC(N1CCC(c3c(F)ccc(Cl)c3F)OC1=O)c1cc-2c[nH]c1=O. The highest BCUT2D eigenvalue weighted by atomic mass is 35.5. The predicted octanol–water partition coefficient (Wildman–Crippen LogP) is 6.54. The van der Waals surface area contributed by atoms with Gasteiger partial charge in [0.1, 0.15) is 11.9 Å². The summed E-state index contributed by atoms with van der Waals surface area (Å²) in [6.45, 7) is 1.82. The summed E-state index contributed by atoms with van der Waals surface area (Å²) in [6.07, 6.45) is 0.0992. The van der Waals surface area contributed by atoms with Crippen LogP contribution in [0.4, 0.5) is 29.7 Å². The minimum absolute atomic E-state index is 0.0540. The molecule has 13 heteroatoms. The lowest BCUT2D eigenvalue weighted by Gasteiger charge is -2.37. The molecule has 2 aliphatic heterocycles. The van der Waals surface area contributed by atoms with Crippen LogP contribution < -0.4 is 16.2 Å². The second-order valence-electron chi connectivity index (χ2n) is 10.5. The van der Waals surface area contributed by atoms with Crippen LogP contribution in [-0.4, -0.2) is 41.6 Å². The van der Waals surface area contributed by atoms with Crippen molar-refractivity contribution in [1.29, 1.82) is 0 Å². The number of nitrogens with zero attached hydrogens (tertiary/aromatic N) is 1. The number of rotatable bonds is 3. The molecule has 0 aliphatic carbocycles. The minimum atomic E-state index is -1.19. The number of carbonyl (C=O) groups is 3. The molecule has 43 heavy (non-hydrogen) atoms. The molecule has 10 nitrogen and oxygen atoms in total. The van der Waals surface area contributed by atoms with E-state index in [4.69, 9.17) is 16.3 Å². The Morgan fingerprint density at radius 1 is 1.12 bits per heavy atom. The van der Waals surface area contributed by atoms with Crippen LogP contribution in [0.25, 0.3) is 11.1 Å².